The number of rotatable bonds is 4. The van der Waals surface area contributed by atoms with Crippen molar-refractivity contribution in [2.24, 2.45) is 11.1 Å². The first-order valence-electron chi connectivity index (χ1n) is 6.07. The summed E-state index contributed by atoms with van der Waals surface area (Å²) in [4.78, 5) is 3.86. The third-order valence-corrected chi connectivity index (χ3v) is 4.66. The van der Waals surface area contributed by atoms with Crippen molar-refractivity contribution in [2.45, 2.75) is 38.8 Å². The van der Waals surface area contributed by atoms with E-state index >= 15 is 0 Å². The van der Waals surface area contributed by atoms with Gasteiger partial charge in [0.2, 0.25) is 0 Å². The summed E-state index contributed by atoms with van der Waals surface area (Å²) in [5, 5.41) is 2.15. The van der Waals surface area contributed by atoms with Gasteiger partial charge in [-0.1, -0.05) is 19.4 Å². The first-order valence-corrected chi connectivity index (χ1v) is 6.95. The van der Waals surface area contributed by atoms with E-state index in [0.29, 0.717) is 11.5 Å². The minimum absolute atomic E-state index is 0.325. The molecule has 16 heavy (non-hydrogen) atoms. The highest BCUT2D eigenvalue weighted by Gasteiger charge is 2.36. The molecule has 3 heteroatoms. The summed E-state index contributed by atoms with van der Waals surface area (Å²) in [6.45, 7) is 4.52. The second-order valence-electron chi connectivity index (χ2n) is 5.40. The van der Waals surface area contributed by atoms with Crippen molar-refractivity contribution in [2.75, 3.05) is 13.6 Å². The molecule has 0 bridgehead atoms. The van der Waals surface area contributed by atoms with Gasteiger partial charge in [0.05, 0.1) is 0 Å². The van der Waals surface area contributed by atoms with Gasteiger partial charge in [0, 0.05) is 24.0 Å². The molecular formula is C13H22N2S. The monoisotopic (exact) mass is 238 g/mol. The predicted molar refractivity (Wildman–Crippen MR) is 70.6 cm³/mol. The molecule has 1 saturated carbocycles. The number of nitrogens with two attached hydrogens (primary N) is 1. The van der Waals surface area contributed by atoms with Crippen molar-refractivity contribution in [1.82, 2.24) is 4.90 Å². The van der Waals surface area contributed by atoms with E-state index in [0.717, 1.165) is 13.1 Å². The van der Waals surface area contributed by atoms with Crippen LogP contribution in [0, 0.1) is 5.41 Å². The van der Waals surface area contributed by atoms with Gasteiger partial charge in [0.25, 0.3) is 0 Å². The van der Waals surface area contributed by atoms with E-state index < -0.39 is 0 Å². The SMILES string of the molecule is CN(Cc1cccs1)CC1(C)CCCC1N. The van der Waals surface area contributed by atoms with Crippen LogP contribution in [0.5, 0.6) is 0 Å². The Morgan fingerprint density at radius 3 is 3.00 bits per heavy atom. The molecule has 0 amide bonds. The average Bonchev–Trinajstić information content (AvgIpc) is 2.79. The van der Waals surface area contributed by atoms with Crippen molar-refractivity contribution < 1.29 is 0 Å². The predicted octanol–water partition coefficient (Wildman–Crippen LogP) is 2.70. The first kappa shape index (κ1) is 12.1. The van der Waals surface area contributed by atoms with Gasteiger partial charge in [-0.15, -0.1) is 11.3 Å². The molecule has 1 aromatic heterocycles. The van der Waals surface area contributed by atoms with Crippen LogP contribution in [-0.2, 0) is 6.54 Å². The van der Waals surface area contributed by atoms with Gasteiger partial charge in [-0.05, 0) is 36.8 Å². The van der Waals surface area contributed by atoms with Crippen molar-refractivity contribution in [3.63, 3.8) is 0 Å². The van der Waals surface area contributed by atoms with Crippen molar-refractivity contribution in [3.8, 4) is 0 Å². The normalized spacial score (nSPS) is 30.1. The molecule has 2 nitrogen and oxygen atoms in total. The fraction of sp³-hybridized carbons (Fsp3) is 0.692. The van der Waals surface area contributed by atoms with Crippen molar-refractivity contribution in [1.29, 1.82) is 0 Å². The third-order valence-electron chi connectivity index (χ3n) is 3.80. The van der Waals surface area contributed by atoms with E-state index in [1.807, 2.05) is 11.3 Å². The Kier molecular flexibility index (Phi) is 3.67. The number of hydrogen-bond donors (Lipinski definition) is 1. The molecule has 0 radical (unpaired) electrons. The molecule has 0 spiro atoms. The molecule has 0 aromatic carbocycles. The van der Waals surface area contributed by atoms with Crippen LogP contribution in [0.1, 0.15) is 31.1 Å². The van der Waals surface area contributed by atoms with Gasteiger partial charge < -0.3 is 10.6 Å². The quantitative estimate of drug-likeness (QED) is 0.874. The molecule has 0 saturated heterocycles. The fourth-order valence-electron chi connectivity index (χ4n) is 2.80. The molecule has 1 aromatic rings. The molecule has 2 unspecified atom stereocenters. The van der Waals surface area contributed by atoms with Crippen LogP contribution < -0.4 is 5.73 Å². The summed E-state index contributed by atoms with van der Waals surface area (Å²) < 4.78 is 0. The maximum atomic E-state index is 6.21. The Bertz CT molecular complexity index is 323. The number of nitrogens with zero attached hydrogens (tertiary/aromatic N) is 1. The molecular weight excluding hydrogens is 216 g/mol. The van der Waals surface area contributed by atoms with E-state index in [-0.39, 0.29) is 0 Å². The molecule has 2 atom stereocenters. The Morgan fingerprint density at radius 1 is 1.62 bits per heavy atom. The van der Waals surface area contributed by atoms with Gasteiger partial charge in [-0.25, -0.2) is 0 Å². The zero-order chi connectivity index (χ0) is 11.6. The summed E-state index contributed by atoms with van der Waals surface area (Å²) in [6, 6.07) is 4.72. The van der Waals surface area contributed by atoms with Gasteiger partial charge >= 0.3 is 0 Å². The van der Waals surface area contributed by atoms with Crippen molar-refractivity contribution >= 4 is 11.3 Å². The van der Waals surface area contributed by atoms with Gasteiger partial charge in [0.15, 0.2) is 0 Å². The molecule has 90 valence electrons. The average molecular weight is 238 g/mol. The molecule has 2 N–H and O–H groups in total. The lowest BCUT2D eigenvalue weighted by Crippen LogP contribution is -2.42. The van der Waals surface area contributed by atoms with E-state index in [2.05, 4.69) is 36.4 Å². The lowest BCUT2D eigenvalue weighted by atomic mass is 9.85. The number of thiophene rings is 1. The second-order valence-corrected chi connectivity index (χ2v) is 6.44. The summed E-state index contributed by atoms with van der Waals surface area (Å²) in [5.74, 6) is 0. The Labute approximate surface area is 102 Å². The highest BCUT2D eigenvalue weighted by Crippen LogP contribution is 2.37. The maximum absolute atomic E-state index is 6.21. The smallest absolute Gasteiger partial charge is 0.0325 e. The van der Waals surface area contributed by atoms with Crippen LogP contribution in [0.25, 0.3) is 0 Å². The summed E-state index contributed by atoms with van der Waals surface area (Å²) >= 11 is 1.84. The van der Waals surface area contributed by atoms with Crippen LogP contribution in [0.3, 0.4) is 0 Å². The van der Waals surface area contributed by atoms with E-state index in [9.17, 15) is 0 Å². The lowest BCUT2D eigenvalue weighted by molar-refractivity contribution is 0.174. The Morgan fingerprint density at radius 2 is 2.44 bits per heavy atom. The summed E-state index contributed by atoms with van der Waals surface area (Å²) in [7, 11) is 2.20. The Hall–Kier alpha value is -0.380. The molecule has 1 aliphatic rings. The first-order chi connectivity index (χ1) is 7.60. The minimum Gasteiger partial charge on any atom is -0.327 e. The van der Waals surface area contributed by atoms with Crippen LogP contribution >= 0.6 is 11.3 Å². The summed E-state index contributed by atoms with van der Waals surface area (Å²) in [5.41, 5.74) is 6.54. The third kappa shape index (κ3) is 2.65. The van der Waals surface area contributed by atoms with Crippen LogP contribution in [-0.4, -0.2) is 24.5 Å². The molecule has 0 aliphatic heterocycles. The molecule has 2 rings (SSSR count). The van der Waals surface area contributed by atoms with Crippen molar-refractivity contribution in [3.05, 3.63) is 22.4 Å². The second kappa shape index (κ2) is 4.86. The molecule has 1 fully saturated rings. The van der Waals surface area contributed by atoms with E-state index in [1.165, 1.54) is 24.1 Å². The van der Waals surface area contributed by atoms with E-state index in [4.69, 9.17) is 5.73 Å². The number of hydrogen-bond acceptors (Lipinski definition) is 3. The van der Waals surface area contributed by atoms with Crippen LogP contribution in [0.2, 0.25) is 0 Å². The maximum Gasteiger partial charge on any atom is 0.0325 e. The zero-order valence-corrected chi connectivity index (χ0v) is 11.1. The lowest BCUT2D eigenvalue weighted by Gasteiger charge is -2.33. The zero-order valence-electron chi connectivity index (χ0n) is 10.3. The topological polar surface area (TPSA) is 29.3 Å². The van der Waals surface area contributed by atoms with Gasteiger partial charge in [-0.2, -0.15) is 0 Å². The molecule has 1 heterocycles. The van der Waals surface area contributed by atoms with Gasteiger partial charge in [0.1, 0.15) is 0 Å². The van der Waals surface area contributed by atoms with Crippen LogP contribution in [0.4, 0.5) is 0 Å². The van der Waals surface area contributed by atoms with Gasteiger partial charge in [-0.3, -0.25) is 0 Å². The van der Waals surface area contributed by atoms with Crippen LogP contribution in [0.15, 0.2) is 17.5 Å². The highest BCUT2D eigenvalue weighted by molar-refractivity contribution is 7.09. The standard InChI is InChI=1S/C13H22N2S/c1-13(7-3-6-12(13)14)10-15(2)9-11-5-4-8-16-11/h4-5,8,12H,3,6-7,9-10,14H2,1-2H3. The van der Waals surface area contributed by atoms with E-state index in [1.54, 1.807) is 0 Å². The highest BCUT2D eigenvalue weighted by atomic mass is 32.1. The largest absolute Gasteiger partial charge is 0.327 e. The minimum atomic E-state index is 0.325. The fourth-order valence-corrected chi connectivity index (χ4v) is 3.58. The Balaban J connectivity index is 1.89. The molecule has 1 aliphatic carbocycles. The summed E-state index contributed by atoms with van der Waals surface area (Å²) in [6.07, 6.45) is 3.77.